The van der Waals surface area contributed by atoms with Crippen LogP contribution in [0.5, 0.6) is 0 Å². The Hall–Kier alpha value is -1.59. The normalized spacial score (nSPS) is 16.4. The standard InChI is InChI=1S/C19H26N2/c1-15(2)17-8-10-18(11-9-17)19(14-20)21-13-12-16-6-4-3-5-7-16/h6,8-11,15,19,21H,3-5,7,12-13H2,1-2H3. The van der Waals surface area contributed by atoms with Crippen LogP contribution in [0.2, 0.25) is 0 Å². The van der Waals surface area contributed by atoms with Crippen molar-refractivity contribution in [1.82, 2.24) is 5.32 Å². The first kappa shape index (κ1) is 15.8. The van der Waals surface area contributed by atoms with E-state index in [1.165, 1.54) is 31.2 Å². The molecule has 0 saturated heterocycles. The van der Waals surface area contributed by atoms with E-state index in [2.05, 4.69) is 55.6 Å². The Bertz CT molecular complexity index is 505. The number of hydrogen-bond acceptors (Lipinski definition) is 2. The minimum atomic E-state index is -0.199. The average molecular weight is 282 g/mol. The van der Waals surface area contributed by atoms with Crippen LogP contribution in [-0.2, 0) is 0 Å². The summed E-state index contributed by atoms with van der Waals surface area (Å²) in [4.78, 5) is 0. The summed E-state index contributed by atoms with van der Waals surface area (Å²) in [7, 11) is 0. The SMILES string of the molecule is CC(C)c1ccc(C(C#N)NCCC2=CCCCC2)cc1. The van der Waals surface area contributed by atoms with Crippen LogP contribution in [0.4, 0.5) is 0 Å². The summed E-state index contributed by atoms with van der Waals surface area (Å²) >= 11 is 0. The van der Waals surface area contributed by atoms with Gasteiger partial charge in [0.05, 0.1) is 6.07 Å². The fraction of sp³-hybridized carbons (Fsp3) is 0.526. The van der Waals surface area contributed by atoms with Crippen molar-refractivity contribution in [3.05, 3.63) is 47.0 Å². The second kappa shape index (κ2) is 8.00. The average Bonchev–Trinajstić information content (AvgIpc) is 2.53. The largest absolute Gasteiger partial charge is 0.298 e. The van der Waals surface area contributed by atoms with Crippen LogP contribution in [0, 0.1) is 11.3 Å². The van der Waals surface area contributed by atoms with Gasteiger partial charge < -0.3 is 0 Å². The third-order valence-electron chi connectivity index (χ3n) is 4.25. The third kappa shape index (κ3) is 4.72. The van der Waals surface area contributed by atoms with Gasteiger partial charge in [-0.25, -0.2) is 0 Å². The highest BCUT2D eigenvalue weighted by atomic mass is 14.9. The van der Waals surface area contributed by atoms with Gasteiger partial charge in [-0.1, -0.05) is 49.8 Å². The number of nitrogens with one attached hydrogen (secondary N) is 1. The first-order valence-corrected chi connectivity index (χ1v) is 8.11. The molecule has 0 fully saturated rings. The van der Waals surface area contributed by atoms with E-state index in [9.17, 15) is 5.26 Å². The molecule has 0 radical (unpaired) electrons. The lowest BCUT2D eigenvalue weighted by molar-refractivity contribution is 0.601. The first-order chi connectivity index (χ1) is 10.2. The van der Waals surface area contributed by atoms with Crippen LogP contribution < -0.4 is 5.32 Å². The molecule has 0 amide bonds. The summed E-state index contributed by atoms with van der Waals surface area (Å²) in [6.07, 6.45) is 8.58. The Morgan fingerprint density at radius 2 is 1.86 bits per heavy atom. The van der Waals surface area contributed by atoms with E-state index >= 15 is 0 Å². The number of nitriles is 1. The Morgan fingerprint density at radius 3 is 2.43 bits per heavy atom. The lowest BCUT2D eigenvalue weighted by atomic mass is 9.97. The maximum absolute atomic E-state index is 9.37. The van der Waals surface area contributed by atoms with Gasteiger partial charge in [0.25, 0.3) is 0 Å². The number of nitrogens with zero attached hydrogens (tertiary/aromatic N) is 1. The number of rotatable bonds is 6. The molecular formula is C19H26N2. The number of allylic oxidation sites excluding steroid dienone is 1. The minimum absolute atomic E-state index is 0.199. The highest BCUT2D eigenvalue weighted by Crippen LogP contribution is 2.21. The van der Waals surface area contributed by atoms with Crippen molar-refractivity contribution in [3.63, 3.8) is 0 Å². The molecule has 1 aromatic rings. The predicted octanol–water partition coefficient (Wildman–Crippen LogP) is 4.85. The van der Waals surface area contributed by atoms with Gasteiger partial charge in [0.1, 0.15) is 6.04 Å². The molecule has 0 bridgehead atoms. The summed E-state index contributed by atoms with van der Waals surface area (Å²) in [5.74, 6) is 0.533. The van der Waals surface area contributed by atoms with Gasteiger partial charge in [-0.3, -0.25) is 5.32 Å². The molecule has 1 aliphatic rings. The maximum atomic E-state index is 9.37. The molecule has 1 unspecified atom stereocenters. The maximum Gasteiger partial charge on any atom is 0.121 e. The monoisotopic (exact) mass is 282 g/mol. The van der Waals surface area contributed by atoms with Crippen LogP contribution in [-0.4, -0.2) is 6.54 Å². The lowest BCUT2D eigenvalue weighted by Crippen LogP contribution is -2.21. The fourth-order valence-corrected chi connectivity index (χ4v) is 2.82. The van der Waals surface area contributed by atoms with Gasteiger partial charge in [0, 0.05) is 6.54 Å². The number of hydrogen-bond donors (Lipinski definition) is 1. The predicted molar refractivity (Wildman–Crippen MR) is 88.1 cm³/mol. The van der Waals surface area contributed by atoms with Crippen molar-refractivity contribution in [2.75, 3.05) is 6.54 Å². The molecule has 112 valence electrons. The summed E-state index contributed by atoms with van der Waals surface area (Å²) in [5, 5.41) is 12.7. The molecule has 2 heteroatoms. The van der Waals surface area contributed by atoms with E-state index in [4.69, 9.17) is 0 Å². The lowest BCUT2D eigenvalue weighted by Gasteiger charge is -2.16. The van der Waals surface area contributed by atoms with Crippen LogP contribution >= 0.6 is 0 Å². The van der Waals surface area contributed by atoms with Crippen molar-refractivity contribution < 1.29 is 0 Å². The van der Waals surface area contributed by atoms with Crippen molar-refractivity contribution in [1.29, 1.82) is 5.26 Å². The molecule has 0 heterocycles. The van der Waals surface area contributed by atoms with Gasteiger partial charge in [0.2, 0.25) is 0 Å². The Balaban J connectivity index is 1.87. The van der Waals surface area contributed by atoms with E-state index in [0.29, 0.717) is 5.92 Å². The molecule has 2 nitrogen and oxygen atoms in total. The first-order valence-electron chi connectivity index (χ1n) is 8.11. The zero-order chi connectivity index (χ0) is 15.1. The van der Waals surface area contributed by atoms with Crippen molar-refractivity contribution in [2.45, 2.75) is 57.9 Å². The molecule has 0 aromatic heterocycles. The summed E-state index contributed by atoms with van der Waals surface area (Å²) < 4.78 is 0. The summed E-state index contributed by atoms with van der Waals surface area (Å²) in [6, 6.07) is 10.6. The summed E-state index contributed by atoms with van der Waals surface area (Å²) in [5.41, 5.74) is 3.95. The fourth-order valence-electron chi connectivity index (χ4n) is 2.82. The van der Waals surface area contributed by atoms with E-state index in [1.807, 2.05) is 0 Å². The van der Waals surface area contributed by atoms with Gasteiger partial charge in [-0.05, 0) is 49.1 Å². The third-order valence-corrected chi connectivity index (χ3v) is 4.25. The molecule has 1 atom stereocenters. The number of benzene rings is 1. The highest BCUT2D eigenvalue weighted by Gasteiger charge is 2.11. The van der Waals surface area contributed by atoms with Crippen molar-refractivity contribution >= 4 is 0 Å². The van der Waals surface area contributed by atoms with Gasteiger partial charge in [-0.2, -0.15) is 5.26 Å². The molecule has 0 aliphatic heterocycles. The van der Waals surface area contributed by atoms with E-state index in [1.54, 1.807) is 5.57 Å². The van der Waals surface area contributed by atoms with Crippen LogP contribution in [0.25, 0.3) is 0 Å². The summed E-state index contributed by atoms with van der Waals surface area (Å²) in [6.45, 7) is 5.26. The van der Waals surface area contributed by atoms with Crippen LogP contribution in [0.15, 0.2) is 35.9 Å². The molecule has 2 rings (SSSR count). The molecule has 1 aromatic carbocycles. The van der Waals surface area contributed by atoms with E-state index in [-0.39, 0.29) is 6.04 Å². The van der Waals surface area contributed by atoms with Crippen molar-refractivity contribution in [2.24, 2.45) is 0 Å². The second-order valence-corrected chi connectivity index (χ2v) is 6.20. The zero-order valence-electron chi connectivity index (χ0n) is 13.2. The smallest absolute Gasteiger partial charge is 0.121 e. The Labute approximate surface area is 128 Å². The molecule has 1 N–H and O–H groups in total. The Morgan fingerprint density at radius 1 is 1.14 bits per heavy atom. The molecular weight excluding hydrogens is 256 g/mol. The van der Waals surface area contributed by atoms with Crippen LogP contribution in [0.3, 0.4) is 0 Å². The molecule has 0 spiro atoms. The van der Waals surface area contributed by atoms with Crippen molar-refractivity contribution in [3.8, 4) is 6.07 Å². The van der Waals surface area contributed by atoms with Gasteiger partial charge >= 0.3 is 0 Å². The van der Waals surface area contributed by atoms with Gasteiger partial charge in [0.15, 0.2) is 0 Å². The van der Waals surface area contributed by atoms with E-state index < -0.39 is 0 Å². The topological polar surface area (TPSA) is 35.8 Å². The highest BCUT2D eigenvalue weighted by molar-refractivity contribution is 5.29. The van der Waals surface area contributed by atoms with Crippen LogP contribution in [0.1, 0.15) is 69.0 Å². The minimum Gasteiger partial charge on any atom is -0.298 e. The van der Waals surface area contributed by atoms with Gasteiger partial charge in [-0.15, -0.1) is 0 Å². The molecule has 0 saturated carbocycles. The quantitative estimate of drug-likeness (QED) is 0.757. The molecule has 1 aliphatic carbocycles. The Kier molecular flexibility index (Phi) is 6.02. The van der Waals surface area contributed by atoms with E-state index in [0.717, 1.165) is 18.5 Å². The second-order valence-electron chi connectivity index (χ2n) is 6.20. The zero-order valence-corrected chi connectivity index (χ0v) is 13.2. The molecule has 21 heavy (non-hydrogen) atoms.